The second kappa shape index (κ2) is 9.31. The van der Waals surface area contributed by atoms with E-state index in [4.69, 9.17) is 11.6 Å². The predicted octanol–water partition coefficient (Wildman–Crippen LogP) is 3.58. The van der Waals surface area contributed by atoms with Gasteiger partial charge in [0.25, 0.3) is 0 Å². The lowest BCUT2D eigenvalue weighted by Crippen LogP contribution is -2.46. The number of hydrogen-bond donors (Lipinski definition) is 1. The van der Waals surface area contributed by atoms with Gasteiger partial charge < -0.3 is 14.8 Å². The van der Waals surface area contributed by atoms with Gasteiger partial charge in [-0.1, -0.05) is 30.7 Å². The van der Waals surface area contributed by atoms with Crippen LogP contribution in [0.5, 0.6) is 0 Å². The standard InChI is InChI=1S/C24H24ClFN4O3/c1-14-8-20(24(33)28-9-16-4-3-5-19(25)23(16)26)30(11-14)22(32)13-29-12-18(15(2)31)17-6-7-27-10-21(17)29/h3-7,10,12,14,20H,8-9,11,13H2,1-2H3,(H,28,33)/t14-,20?/m0/s1. The molecule has 2 aromatic heterocycles. The van der Waals surface area contributed by atoms with E-state index in [1.165, 1.54) is 13.0 Å². The van der Waals surface area contributed by atoms with Gasteiger partial charge in [0.05, 0.1) is 16.7 Å². The number of pyridine rings is 1. The summed E-state index contributed by atoms with van der Waals surface area (Å²) >= 11 is 5.81. The minimum atomic E-state index is -0.651. The van der Waals surface area contributed by atoms with Crippen LogP contribution in [-0.2, 0) is 22.7 Å². The van der Waals surface area contributed by atoms with E-state index in [1.54, 1.807) is 46.3 Å². The van der Waals surface area contributed by atoms with Crippen LogP contribution in [0.15, 0.2) is 42.9 Å². The number of carbonyl (C=O) groups excluding carboxylic acids is 3. The van der Waals surface area contributed by atoms with Crippen LogP contribution in [0.4, 0.5) is 4.39 Å². The first-order valence-electron chi connectivity index (χ1n) is 10.7. The smallest absolute Gasteiger partial charge is 0.243 e. The summed E-state index contributed by atoms with van der Waals surface area (Å²) in [5.74, 6) is -1.09. The molecule has 1 fully saturated rings. The minimum Gasteiger partial charge on any atom is -0.350 e. The first-order valence-corrected chi connectivity index (χ1v) is 11.1. The van der Waals surface area contributed by atoms with Crippen molar-refractivity contribution in [1.82, 2.24) is 19.8 Å². The monoisotopic (exact) mass is 470 g/mol. The van der Waals surface area contributed by atoms with Crippen LogP contribution in [-0.4, -0.2) is 44.6 Å². The van der Waals surface area contributed by atoms with Gasteiger partial charge in [0.2, 0.25) is 11.8 Å². The molecule has 3 aromatic rings. The van der Waals surface area contributed by atoms with Crippen molar-refractivity contribution in [3.8, 4) is 0 Å². The highest BCUT2D eigenvalue weighted by Gasteiger charge is 2.37. The summed E-state index contributed by atoms with van der Waals surface area (Å²) in [6, 6.07) is 5.71. The topological polar surface area (TPSA) is 84.3 Å². The van der Waals surface area contributed by atoms with E-state index < -0.39 is 11.9 Å². The molecule has 3 heterocycles. The Morgan fingerprint density at radius 3 is 2.82 bits per heavy atom. The number of Topliss-reactive ketones (excluding diaryl/α,β-unsaturated/α-hetero) is 1. The number of benzene rings is 1. The second-order valence-electron chi connectivity index (χ2n) is 8.45. The minimum absolute atomic E-state index is 0.00795. The van der Waals surface area contributed by atoms with Crippen molar-refractivity contribution in [2.24, 2.45) is 5.92 Å². The number of halogens is 2. The molecule has 1 aromatic carbocycles. The first kappa shape index (κ1) is 22.9. The fourth-order valence-corrected chi connectivity index (χ4v) is 4.53. The molecule has 0 radical (unpaired) electrons. The van der Waals surface area contributed by atoms with E-state index in [0.717, 1.165) is 5.39 Å². The van der Waals surface area contributed by atoms with Gasteiger partial charge in [-0.15, -0.1) is 0 Å². The average molecular weight is 471 g/mol. The van der Waals surface area contributed by atoms with Crippen LogP contribution in [0.1, 0.15) is 36.2 Å². The van der Waals surface area contributed by atoms with E-state index in [-0.39, 0.29) is 47.2 Å². The number of likely N-dealkylation sites (tertiary alicyclic amines) is 1. The van der Waals surface area contributed by atoms with Crippen molar-refractivity contribution < 1.29 is 18.8 Å². The first-order chi connectivity index (χ1) is 15.8. The van der Waals surface area contributed by atoms with Crippen molar-refractivity contribution in [2.75, 3.05) is 6.54 Å². The lowest BCUT2D eigenvalue weighted by molar-refractivity contribution is -0.138. The Hall–Kier alpha value is -3.26. The number of nitrogens with zero attached hydrogens (tertiary/aromatic N) is 3. The highest BCUT2D eigenvalue weighted by molar-refractivity contribution is 6.30. The lowest BCUT2D eigenvalue weighted by Gasteiger charge is -2.24. The van der Waals surface area contributed by atoms with Crippen LogP contribution in [0.25, 0.3) is 10.9 Å². The molecule has 0 saturated carbocycles. The lowest BCUT2D eigenvalue weighted by atomic mass is 10.1. The van der Waals surface area contributed by atoms with Crippen molar-refractivity contribution in [1.29, 1.82) is 0 Å². The number of fused-ring (bicyclic) bond motifs is 1. The number of hydrogen-bond acceptors (Lipinski definition) is 4. The molecule has 2 amide bonds. The molecule has 0 aliphatic carbocycles. The van der Waals surface area contributed by atoms with Gasteiger partial charge in [0.1, 0.15) is 18.4 Å². The zero-order valence-corrected chi connectivity index (χ0v) is 19.1. The van der Waals surface area contributed by atoms with Crippen molar-refractivity contribution in [3.63, 3.8) is 0 Å². The molecular formula is C24H24ClFN4O3. The zero-order chi connectivity index (χ0) is 23.7. The van der Waals surface area contributed by atoms with Gasteiger partial charge in [-0.05, 0) is 31.4 Å². The summed E-state index contributed by atoms with van der Waals surface area (Å²) in [7, 11) is 0. The van der Waals surface area contributed by atoms with Gasteiger partial charge in [0, 0.05) is 42.0 Å². The van der Waals surface area contributed by atoms with Gasteiger partial charge in [-0.2, -0.15) is 0 Å². The maximum Gasteiger partial charge on any atom is 0.243 e. The number of nitrogens with one attached hydrogen (secondary N) is 1. The van der Waals surface area contributed by atoms with Gasteiger partial charge in [-0.25, -0.2) is 4.39 Å². The average Bonchev–Trinajstić information content (AvgIpc) is 3.36. The van der Waals surface area contributed by atoms with Crippen molar-refractivity contribution in [3.05, 3.63) is 64.8 Å². The highest BCUT2D eigenvalue weighted by Crippen LogP contribution is 2.26. The Bertz CT molecular complexity index is 1240. The number of rotatable bonds is 6. The molecule has 2 atom stereocenters. The van der Waals surface area contributed by atoms with Crippen LogP contribution in [0, 0.1) is 11.7 Å². The Labute approximate surface area is 195 Å². The van der Waals surface area contributed by atoms with Gasteiger partial charge in [-0.3, -0.25) is 19.4 Å². The largest absolute Gasteiger partial charge is 0.350 e. The molecule has 4 rings (SSSR count). The normalized spacial score (nSPS) is 18.0. The summed E-state index contributed by atoms with van der Waals surface area (Å²) in [5.41, 5.74) is 1.48. The molecule has 1 aliphatic heterocycles. The molecule has 1 aliphatic rings. The summed E-state index contributed by atoms with van der Waals surface area (Å²) in [5, 5.41) is 3.46. The summed E-state index contributed by atoms with van der Waals surface area (Å²) in [6.07, 6.45) is 5.39. The van der Waals surface area contributed by atoms with E-state index in [0.29, 0.717) is 24.0 Å². The zero-order valence-electron chi connectivity index (χ0n) is 18.3. The number of ketones is 1. The molecule has 33 heavy (non-hydrogen) atoms. The second-order valence-corrected chi connectivity index (χ2v) is 8.86. The molecule has 1 saturated heterocycles. The third-order valence-corrected chi connectivity index (χ3v) is 6.28. The number of amides is 2. The fraction of sp³-hybridized carbons (Fsp3) is 0.333. The SMILES string of the molecule is CC(=O)c1cn(CC(=O)N2C[C@@H](C)CC2C(=O)NCc2cccc(Cl)c2F)c2cnccc12. The molecule has 172 valence electrons. The molecular weight excluding hydrogens is 447 g/mol. The van der Waals surface area contributed by atoms with Crippen molar-refractivity contribution in [2.45, 2.75) is 39.4 Å². The van der Waals surface area contributed by atoms with Gasteiger partial charge in [0.15, 0.2) is 5.78 Å². The molecule has 1 unspecified atom stereocenters. The van der Waals surface area contributed by atoms with Crippen LogP contribution in [0.2, 0.25) is 5.02 Å². The van der Waals surface area contributed by atoms with Crippen LogP contribution < -0.4 is 5.32 Å². The summed E-state index contributed by atoms with van der Waals surface area (Å²) in [6.45, 7) is 3.86. The summed E-state index contributed by atoms with van der Waals surface area (Å²) < 4.78 is 15.8. The summed E-state index contributed by atoms with van der Waals surface area (Å²) in [4.78, 5) is 43.8. The fourth-order valence-electron chi connectivity index (χ4n) is 4.34. The van der Waals surface area contributed by atoms with E-state index >= 15 is 0 Å². The molecule has 0 spiro atoms. The van der Waals surface area contributed by atoms with Crippen LogP contribution >= 0.6 is 11.6 Å². The van der Waals surface area contributed by atoms with Crippen molar-refractivity contribution >= 4 is 40.1 Å². The molecule has 1 N–H and O–H groups in total. The molecule has 7 nitrogen and oxygen atoms in total. The maximum atomic E-state index is 14.1. The Kier molecular flexibility index (Phi) is 6.47. The highest BCUT2D eigenvalue weighted by atomic mass is 35.5. The molecule has 0 bridgehead atoms. The number of carbonyl (C=O) groups is 3. The maximum absolute atomic E-state index is 14.1. The number of aromatic nitrogens is 2. The predicted molar refractivity (Wildman–Crippen MR) is 122 cm³/mol. The third-order valence-electron chi connectivity index (χ3n) is 5.99. The quantitative estimate of drug-likeness (QED) is 0.558. The van der Waals surface area contributed by atoms with Gasteiger partial charge >= 0.3 is 0 Å². The Balaban J connectivity index is 1.50. The molecule has 9 heteroatoms. The van der Waals surface area contributed by atoms with E-state index in [1.807, 2.05) is 6.92 Å². The van der Waals surface area contributed by atoms with E-state index in [2.05, 4.69) is 10.3 Å². The Morgan fingerprint density at radius 2 is 2.06 bits per heavy atom. The van der Waals surface area contributed by atoms with E-state index in [9.17, 15) is 18.8 Å². The third kappa shape index (κ3) is 4.61. The van der Waals surface area contributed by atoms with Crippen LogP contribution in [0.3, 0.4) is 0 Å². The Morgan fingerprint density at radius 1 is 1.27 bits per heavy atom.